The van der Waals surface area contributed by atoms with Crippen LogP contribution in [0.2, 0.25) is 0 Å². The number of hydrogen-bond acceptors (Lipinski definition) is 6. The lowest BCUT2D eigenvalue weighted by Gasteiger charge is -2.42. The van der Waals surface area contributed by atoms with Gasteiger partial charge in [-0.05, 0) is 52.4 Å². The van der Waals surface area contributed by atoms with Crippen LogP contribution in [0, 0.1) is 17.8 Å². The van der Waals surface area contributed by atoms with Gasteiger partial charge in [0.25, 0.3) is 0 Å². The van der Waals surface area contributed by atoms with Gasteiger partial charge in [0.2, 0.25) is 11.8 Å². The molecule has 0 spiro atoms. The molecule has 174 valence electrons. The quantitative estimate of drug-likeness (QED) is 0.351. The van der Waals surface area contributed by atoms with Gasteiger partial charge in [0.05, 0.1) is 22.7 Å². The average molecular weight is 526 g/mol. The molecule has 5 rings (SSSR count). The Morgan fingerprint density at radius 3 is 2.44 bits per heavy atom. The van der Waals surface area contributed by atoms with E-state index >= 15 is 0 Å². The number of imide groups is 1. The van der Waals surface area contributed by atoms with E-state index in [1.54, 1.807) is 12.1 Å². The number of hydrogen-bond donors (Lipinski definition) is 2. The molecule has 4 atom stereocenters. The average Bonchev–Trinajstić information content (AvgIpc) is 3.05. The van der Waals surface area contributed by atoms with Crippen molar-refractivity contribution in [2.24, 2.45) is 17.8 Å². The topological polar surface area (TPSA) is 129 Å². The zero-order valence-electron chi connectivity index (χ0n) is 17.9. The molecule has 2 N–H and O–H groups in total. The van der Waals surface area contributed by atoms with Gasteiger partial charge >= 0.3 is 5.97 Å². The van der Waals surface area contributed by atoms with Gasteiger partial charge in [-0.3, -0.25) is 28.9 Å². The Balaban J connectivity index is 1.61. The summed E-state index contributed by atoms with van der Waals surface area (Å²) in [4.78, 5) is 64.5. The number of carbonyl (C=O) groups excluding carboxylic acids is 4. The number of nitrogens with zero attached hydrogens (tertiary/aromatic N) is 1. The van der Waals surface area contributed by atoms with Crippen molar-refractivity contribution in [1.29, 1.82) is 0 Å². The number of carbonyl (C=O) groups is 5. The summed E-state index contributed by atoms with van der Waals surface area (Å²) in [5.41, 5.74) is 2.19. The van der Waals surface area contributed by atoms with Crippen LogP contribution in [0.1, 0.15) is 30.7 Å². The summed E-state index contributed by atoms with van der Waals surface area (Å²) in [6.07, 6.45) is 3.26. The molecule has 3 aliphatic carbocycles. The molecule has 0 aromatic heterocycles. The van der Waals surface area contributed by atoms with Crippen molar-refractivity contribution >= 4 is 45.3 Å². The number of Topliss-reactive ketones (excluding diaryl/α,β-unsaturated/α-hetero) is 1. The second kappa shape index (κ2) is 8.16. The maximum Gasteiger partial charge on any atom is 0.305 e. The molecule has 1 aliphatic heterocycles. The Kier molecular flexibility index (Phi) is 5.39. The first-order chi connectivity index (χ1) is 16.2. The Labute approximate surface area is 202 Å². The summed E-state index contributed by atoms with van der Waals surface area (Å²) >= 11 is 3.18. The molecule has 1 heterocycles. The molecule has 4 aliphatic rings. The molecule has 0 radical (unpaired) electrons. The highest BCUT2D eigenvalue weighted by Gasteiger charge is 2.56. The lowest BCUT2D eigenvalue weighted by atomic mass is 9.59. The van der Waals surface area contributed by atoms with Crippen molar-refractivity contribution in [3.63, 3.8) is 0 Å². The molecular weight excluding hydrogens is 506 g/mol. The van der Waals surface area contributed by atoms with E-state index in [2.05, 4.69) is 15.9 Å². The fraction of sp³-hybridized carbons (Fsp3) is 0.320. The number of carboxylic acids is 1. The molecule has 1 aromatic rings. The summed E-state index contributed by atoms with van der Waals surface area (Å²) in [7, 11) is 0. The number of phenols is 1. The standard InChI is InChI=1S/C25H20BrNO7/c26-17-10-18(29)22-16(23(17)32)9-15-13(20(22)11-1-3-12(28)4-2-11)5-6-14-21(15)25(34)27(24(14)33)8-7-19(30)31/h1-5,10,14-15,20-21,28H,6-9H2,(H,30,31). The molecule has 1 fully saturated rings. The highest BCUT2D eigenvalue weighted by Crippen LogP contribution is 2.55. The lowest BCUT2D eigenvalue weighted by molar-refractivity contribution is -0.142. The SMILES string of the molecule is O=C(O)CCN1C(=O)C2CC=C3C(c4ccc(O)cc4)C4=C(CC3C2C1=O)C(=O)C(Br)=CC4=O. The number of rotatable bonds is 4. The van der Waals surface area contributed by atoms with Gasteiger partial charge in [-0.15, -0.1) is 0 Å². The number of ketones is 2. The van der Waals surface area contributed by atoms with Crippen LogP contribution in [0.15, 0.2) is 57.6 Å². The van der Waals surface area contributed by atoms with Crippen LogP contribution in [-0.4, -0.2) is 51.0 Å². The molecule has 9 heteroatoms. The van der Waals surface area contributed by atoms with E-state index in [4.69, 9.17) is 5.11 Å². The number of aromatic hydroxyl groups is 1. The number of allylic oxidation sites excluding steroid dienone is 6. The van der Waals surface area contributed by atoms with Crippen LogP contribution in [-0.2, 0) is 24.0 Å². The number of halogens is 1. The van der Waals surface area contributed by atoms with Gasteiger partial charge in [-0.2, -0.15) is 0 Å². The number of aliphatic carboxylic acids is 1. The smallest absolute Gasteiger partial charge is 0.305 e. The maximum absolute atomic E-state index is 13.3. The van der Waals surface area contributed by atoms with E-state index in [0.717, 1.165) is 10.5 Å². The molecule has 0 saturated carbocycles. The van der Waals surface area contributed by atoms with Crippen LogP contribution < -0.4 is 0 Å². The Morgan fingerprint density at radius 1 is 1.06 bits per heavy atom. The summed E-state index contributed by atoms with van der Waals surface area (Å²) in [6, 6.07) is 6.38. The largest absolute Gasteiger partial charge is 0.508 e. The lowest BCUT2D eigenvalue weighted by Crippen LogP contribution is -2.39. The Bertz CT molecular complexity index is 1260. The van der Waals surface area contributed by atoms with E-state index in [1.165, 1.54) is 18.2 Å². The van der Waals surface area contributed by atoms with Crippen LogP contribution in [0.3, 0.4) is 0 Å². The highest BCUT2D eigenvalue weighted by atomic mass is 79.9. The van der Waals surface area contributed by atoms with Crippen molar-refractivity contribution in [2.75, 3.05) is 6.54 Å². The predicted octanol–water partition coefficient (Wildman–Crippen LogP) is 2.63. The van der Waals surface area contributed by atoms with Gasteiger partial charge in [0, 0.05) is 29.7 Å². The monoisotopic (exact) mass is 525 g/mol. The molecule has 8 nitrogen and oxygen atoms in total. The van der Waals surface area contributed by atoms with E-state index in [1.807, 2.05) is 6.08 Å². The summed E-state index contributed by atoms with van der Waals surface area (Å²) < 4.78 is 0.150. The number of carboxylic acid groups (broad SMARTS) is 1. The fourth-order valence-corrected chi connectivity index (χ4v) is 6.19. The van der Waals surface area contributed by atoms with Crippen molar-refractivity contribution < 1.29 is 34.2 Å². The first kappa shape index (κ1) is 22.5. The maximum atomic E-state index is 13.3. The van der Waals surface area contributed by atoms with Crippen molar-refractivity contribution in [2.45, 2.75) is 25.2 Å². The molecule has 4 unspecified atom stereocenters. The zero-order valence-corrected chi connectivity index (χ0v) is 19.4. The van der Waals surface area contributed by atoms with Gasteiger partial charge < -0.3 is 10.2 Å². The Morgan fingerprint density at radius 2 is 1.76 bits per heavy atom. The van der Waals surface area contributed by atoms with Gasteiger partial charge in [0.1, 0.15) is 5.75 Å². The minimum atomic E-state index is -1.10. The fourth-order valence-electron chi connectivity index (χ4n) is 5.75. The van der Waals surface area contributed by atoms with Crippen LogP contribution >= 0.6 is 15.9 Å². The van der Waals surface area contributed by atoms with Gasteiger partial charge in [0.15, 0.2) is 11.6 Å². The molecule has 1 aromatic carbocycles. The molecule has 0 bridgehead atoms. The number of fused-ring (bicyclic) bond motifs is 3. The molecular formula is C25H20BrNO7. The molecule has 1 saturated heterocycles. The number of phenolic OH excluding ortho intramolecular Hbond substituents is 1. The predicted molar refractivity (Wildman–Crippen MR) is 122 cm³/mol. The van der Waals surface area contributed by atoms with E-state index in [9.17, 15) is 29.1 Å². The van der Waals surface area contributed by atoms with Crippen molar-refractivity contribution in [3.05, 3.63) is 63.2 Å². The van der Waals surface area contributed by atoms with Gasteiger partial charge in [-0.1, -0.05) is 23.8 Å². The van der Waals surface area contributed by atoms with E-state index in [-0.39, 0.29) is 47.1 Å². The Hall–Kier alpha value is -3.33. The van der Waals surface area contributed by atoms with E-state index in [0.29, 0.717) is 23.1 Å². The van der Waals surface area contributed by atoms with E-state index < -0.39 is 35.5 Å². The van der Waals surface area contributed by atoms with Crippen LogP contribution in [0.4, 0.5) is 0 Å². The third kappa shape index (κ3) is 3.37. The third-order valence-corrected chi connectivity index (χ3v) is 7.79. The minimum Gasteiger partial charge on any atom is -0.508 e. The third-order valence-electron chi connectivity index (χ3n) is 7.20. The first-order valence-electron chi connectivity index (χ1n) is 10.9. The summed E-state index contributed by atoms with van der Waals surface area (Å²) in [5.74, 6) is -4.87. The van der Waals surface area contributed by atoms with Gasteiger partial charge in [-0.25, -0.2) is 0 Å². The number of likely N-dealkylation sites (tertiary alicyclic amines) is 1. The normalized spacial score (nSPS) is 28.3. The number of benzene rings is 1. The first-order valence-corrected chi connectivity index (χ1v) is 11.7. The minimum absolute atomic E-state index is 0.0577. The highest BCUT2D eigenvalue weighted by molar-refractivity contribution is 9.12. The summed E-state index contributed by atoms with van der Waals surface area (Å²) in [5, 5.41) is 18.8. The second-order valence-corrected chi connectivity index (χ2v) is 9.81. The van der Waals surface area contributed by atoms with Crippen molar-refractivity contribution in [1.82, 2.24) is 4.90 Å². The molecule has 2 amide bonds. The number of amides is 2. The van der Waals surface area contributed by atoms with Crippen LogP contribution in [0.5, 0.6) is 5.75 Å². The zero-order chi connectivity index (χ0) is 24.3. The molecule has 34 heavy (non-hydrogen) atoms. The summed E-state index contributed by atoms with van der Waals surface area (Å²) in [6.45, 7) is -0.191. The van der Waals surface area contributed by atoms with Crippen LogP contribution in [0.25, 0.3) is 0 Å². The second-order valence-electron chi connectivity index (χ2n) is 8.96. The van der Waals surface area contributed by atoms with Crippen molar-refractivity contribution in [3.8, 4) is 5.75 Å².